The van der Waals surface area contributed by atoms with Gasteiger partial charge in [0.25, 0.3) is 32.1 Å². The van der Waals surface area contributed by atoms with Crippen molar-refractivity contribution in [2.75, 3.05) is 10.6 Å². The van der Waals surface area contributed by atoms with Gasteiger partial charge in [-0.3, -0.25) is 18.7 Å². The maximum absolute atomic E-state index is 12.4. The fourth-order valence-corrected chi connectivity index (χ4v) is 6.05. The average Bonchev–Trinajstić information content (AvgIpc) is 3.72. The van der Waals surface area contributed by atoms with E-state index < -0.39 is 41.8 Å². The van der Waals surface area contributed by atoms with Crippen molar-refractivity contribution < 1.29 is 57.9 Å². The predicted molar refractivity (Wildman–Crippen MR) is 203 cm³/mol. The molecule has 2 amide bonds. The SMILES string of the molecule is O=C(Nc1cccc(-n2nnnc2S)c1)c1ccccc1S(=O)(=O)O.O=C(Nc1cccc(-n2nnnc2S)c1)c1ccccc1S(=O)(=O)O.[Au].[KH].[KH].[KH]. The third kappa shape index (κ3) is 14.2. The molecule has 2 aromatic heterocycles. The molecule has 273 valence electrons. The Labute approximate surface area is 462 Å². The first-order valence-corrected chi connectivity index (χ1v) is 17.4. The van der Waals surface area contributed by atoms with Gasteiger partial charge in [-0.15, -0.1) is 35.5 Å². The fourth-order valence-electron chi connectivity index (χ4n) is 4.28. The number of hydrogen-bond donors (Lipinski definition) is 6. The number of amides is 2. The number of thiol groups is 2. The number of anilines is 2. The molecule has 0 saturated carbocycles. The zero-order valence-electron chi connectivity index (χ0n) is 25.2. The predicted octanol–water partition coefficient (Wildman–Crippen LogP) is 0.952. The second kappa shape index (κ2) is 23.7. The molecule has 54 heavy (non-hydrogen) atoms. The number of hydrogen-bond acceptors (Lipinski definition) is 14. The summed E-state index contributed by atoms with van der Waals surface area (Å²) in [7, 11) is -9.04. The Morgan fingerprint density at radius 2 is 0.926 bits per heavy atom. The van der Waals surface area contributed by atoms with E-state index in [2.05, 4.69) is 66.9 Å². The molecule has 6 aromatic rings. The van der Waals surface area contributed by atoms with Crippen LogP contribution in [0.4, 0.5) is 11.4 Å². The minimum atomic E-state index is -4.52. The quantitative estimate of drug-likeness (QED) is 0.0706. The average molecular weight is 1070 g/mol. The van der Waals surface area contributed by atoms with Crippen molar-refractivity contribution in [3.05, 3.63) is 108 Å². The van der Waals surface area contributed by atoms with Gasteiger partial charge in [-0.2, -0.15) is 26.2 Å². The molecule has 4 N–H and O–H groups in total. The molecule has 0 spiro atoms. The van der Waals surface area contributed by atoms with Gasteiger partial charge in [-0.25, -0.2) is 0 Å². The van der Waals surface area contributed by atoms with Gasteiger partial charge in [0.1, 0.15) is 9.79 Å². The van der Waals surface area contributed by atoms with E-state index in [-0.39, 0.29) is 198 Å². The molecule has 0 aliphatic rings. The van der Waals surface area contributed by atoms with Crippen LogP contribution in [0.1, 0.15) is 20.7 Å². The number of carbonyl (C=O) groups excluding carboxylic acids is 2. The summed E-state index contributed by atoms with van der Waals surface area (Å²) in [6, 6.07) is 23.8. The molecule has 0 atom stereocenters. The van der Waals surface area contributed by atoms with E-state index in [1.165, 1.54) is 45.8 Å². The fraction of sp³-hybridized carbons (Fsp3) is 0. The van der Waals surface area contributed by atoms with E-state index in [0.717, 1.165) is 12.1 Å². The molecule has 0 bridgehead atoms. The number of nitrogens with one attached hydrogen (secondary N) is 2. The summed E-state index contributed by atoms with van der Waals surface area (Å²) in [5, 5.41) is 27.5. The zero-order valence-corrected chi connectivity index (χ0v) is 30.8. The van der Waals surface area contributed by atoms with Crippen molar-refractivity contribution in [3.8, 4) is 11.4 Å². The summed E-state index contributed by atoms with van der Waals surface area (Å²) in [6.07, 6.45) is 0. The summed E-state index contributed by atoms with van der Waals surface area (Å²) in [4.78, 5) is 23.9. The maximum atomic E-state index is 12.4. The Bertz CT molecular complexity index is 2290. The van der Waals surface area contributed by atoms with Gasteiger partial charge in [-0.1, -0.05) is 36.4 Å². The van der Waals surface area contributed by atoms with Crippen LogP contribution in [0.25, 0.3) is 11.4 Å². The van der Waals surface area contributed by atoms with Crippen molar-refractivity contribution in [2.45, 2.75) is 20.1 Å². The molecule has 0 aliphatic heterocycles. The van der Waals surface area contributed by atoms with Crippen LogP contribution in [0.3, 0.4) is 0 Å². The van der Waals surface area contributed by atoms with Gasteiger partial charge in [0.05, 0.1) is 22.5 Å². The Morgan fingerprint density at radius 3 is 1.24 bits per heavy atom. The van der Waals surface area contributed by atoms with Crippen LogP contribution in [0.5, 0.6) is 0 Å². The van der Waals surface area contributed by atoms with Crippen LogP contribution >= 0.6 is 25.3 Å². The van der Waals surface area contributed by atoms with Crippen molar-refractivity contribution in [3.63, 3.8) is 0 Å². The van der Waals surface area contributed by atoms with Crippen LogP contribution < -0.4 is 10.6 Å². The van der Waals surface area contributed by atoms with Crippen molar-refractivity contribution in [1.29, 1.82) is 0 Å². The molecule has 0 aliphatic carbocycles. The minimum absolute atomic E-state index is 0. The van der Waals surface area contributed by atoms with Crippen LogP contribution in [-0.4, -0.2) is 232 Å². The molecule has 2 heterocycles. The van der Waals surface area contributed by atoms with E-state index in [9.17, 15) is 35.5 Å². The molecular formula is C28H25AuK3N10O8S4. The molecule has 6 rings (SSSR count). The molecule has 0 fully saturated rings. The monoisotopic (exact) mass is 1070 g/mol. The van der Waals surface area contributed by atoms with Gasteiger partial charge >= 0.3 is 154 Å². The molecule has 1 radical (unpaired) electrons. The number of benzene rings is 4. The van der Waals surface area contributed by atoms with E-state index in [1.54, 1.807) is 48.5 Å². The standard InChI is InChI=1S/2C14H11N5O4S2.Au.3K.3H/c2*20-13(11-6-1-2-7-12(11)25(21,22)23)15-9-4-3-5-10(8-9)19-14(24)16-17-18-19;;;;;;;/h2*1-8H,(H,15,20)(H,16,18,24)(H,21,22,23);;;;;;;. The van der Waals surface area contributed by atoms with Crippen molar-refractivity contribution in [2.24, 2.45) is 0 Å². The van der Waals surface area contributed by atoms with Gasteiger partial charge in [-0.05, 0) is 81.5 Å². The second-order valence-electron chi connectivity index (χ2n) is 9.73. The van der Waals surface area contributed by atoms with Crippen LogP contribution in [-0.2, 0) is 42.6 Å². The summed E-state index contributed by atoms with van der Waals surface area (Å²) < 4.78 is 66.8. The molecule has 0 unspecified atom stereocenters. The molecule has 18 nitrogen and oxygen atoms in total. The molecule has 4 aromatic carbocycles. The molecule has 0 saturated heterocycles. The molecular weight excluding hydrogens is 1050 g/mol. The van der Waals surface area contributed by atoms with Crippen molar-refractivity contribution in [1.82, 2.24) is 40.4 Å². The first-order valence-electron chi connectivity index (χ1n) is 13.6. The van der Waals surface area contributed by atoms with E-state index in [1.807, 2.05) is 0 Å². The third-order valence-electron chi connectivity index (χ3n) is 6.42. The van der Waals surface area contributed by atoms with Crippen LogP contribution in [0.2, 0.25) is 0 Å². The van der Waals surface area contributed by atoms with E-state index in [0.29, 0.717) is 22.7 Å². The number of rotatable bonds is 8. The first kappa shape index (κ1) is 52.1. The van der Waals surface area contributed by atoms with Gasteiger partial charge < -0.3 is 10.6 Å². The Hall–Kier alpha value is 0.129. The zero-order chi connectivity index (χ0) is 36.1. The van der Waals surface area contributed by atoms with Crippen LogP contribution in [0, 0.1) is 0 Å². The second-order valence-corrected chi connectivity index (χ2v) is 13.3. The Balaban J connectivity index is 0.000000503. The summed E-state index contributed by atoms with van der Waals surface area (Å²) in [5.41, 5.74) is 1.53. The number of aromatic nitrogens is 8. The summed E-state index contributed by atoms with van der Waals surface area (Å²) >= 11 is 8.22. The summed E-state index contributed by atoms with van der Waals surface area (Å²) in [6.45, 7) is 0. The number of tetrazole rings is 2. The van der Waals surface area contributed by atoms with E-state index in [4.69, 9.17) is 0 Å². The van der Waals surface area contributed by atoms with Crippen LogP contribution in [0.15, 0.2) is 117 Å². The van der Waals surface area contributed by atoms with E-state index >= 15 is 0 Å². The number of carbonyl (C=O) groups is 2. The summed E-state index contributed by atoms with van der Waals surface area (Å²) in [5.74, 6) is -1.37. The van der Waals surface area contributed by atoms with Crippen molar-refractivity contribution >= 4 is 223 Å². The first-order chi connectivity index (χ1) is 23.7. The number of nitrogens with zero attached hydrogens (tertiary/aromatic N) is 8. The third-order valence-corrected chi connectivity index (χ3v) is 8.80. The Morgan fingerprint density at radius 1 is 0.574 bits per heavy atom. The topological polar surface area (TPSA) is 254 Å². The Kier molecular flexibility index (Phi) is 22.8. The molecule has 26 heteroatoms. The van der Waals surface area contributed by atoms with Gasteiger partial charge in [0.15, 0.2) is 0 Å². The van der Waals surface area contributed by atoms with Gasteiger partial charge in [0, 0.05) is 33.8 Å². The van der Waals surface area contributed by atoms with Gasteiger partial charge in [0.2, 0.25) is 10.3 Å². The normalized spacial score (nSPS) is 10.4.